The number of nitrogens with zero attached hydrogens (tertiary/aromatic N) is 1. The van der Waals surface area contributed by atoms with E-state index in [1.54, 1.807) is 24.3 Å². The highest BCUT2D eigenvalue weighted by atomic mass is 32.1. The van der Waals surface area contributed by atoms with Gasteiger partial charge in [0.2, 0.25) is 11.7 Å². The predicted octanol–water partition coefficient (Wildman–Crippen LogP) is 5.36. The van der Waals surface area contributed by atoms with Crippen molar-refractivity contribution in [3.63, 3.8) is 0 Å². The molecule has 0 saturated heterocycles. The van der Waals surface area contributed by atoms with Gasteiger partial charge in [0.15, 0.2) is 5.13 Å². The molecule has 0 fully saturated rings. The number of halogens is 1. The molecule has 0 aliphatic rings. The molecule has 0 saturated carbocycles. The second-order valence-electron chi connectivity index (χ2n) is 6.61. The van der Waals surface area contributed by atoms with Gasteiger partial charge in [-0.15, -0.1) is 0 Å². The molecule has 1 N–H and O–H groups in total. The van der Waals surface area contributed by atoms with E-state index in [0.717, 1.165) is 16.9 Å². The number of anilines is 1. The minimum atomic E-state index is -0.351. The predicted molar refractivity (Wildman–Crippen MR) is 116 cm³/mol. The zero-order valence-corrected chi connectivity index (χ0v) is 16.7. The Balaban J connectivity index is 1.62. The Kier molecular flexibility index (Phi) is 5.77. The molecule has 0 atom stereocenters. The summed E-state index contributed by atoms with van der Waals surface area (Å²) in [5.41, 5.74) is 2.58. The molecule has 1 heterocycles. The molecule has 1 amide bonds. The number of aromatic nitrogens is 1. The van der Waals surface area contributed by atoms with E-state index in [2.05, 4.69) is 10.3 Å². The Hall–Kier alpha value is -3.64. The topological polar surface area (TPSA) is 59.1 Å². The van der Waals surface area contributed by atoms with E-state index in [4.69, 9.17) is 0 Å². The SMILES string of the molecule is O=C(Cc1ccc(F)cc1)Nc1nc(-c2ccccc2)c(C(=O)c2ccccc2)s1. The van der Waals surface area contributed by atoms with Gasteiger partial charge in [0.05, 0.1) is 12.1 Å². The lowest BCUT2D eigenvalue weighted by molar-refractivity contribution is -0.115. The maximum absolute atomic E-state index is 13.1. The van der Waals surface area contributed by atoms with Gasteiger partial charge in [-0.05, 0) is 17.7 Å². The van der Waals surface area contributed by atoms with Crippen molar-refractivity contribution in [2.24, 2.45) is 0 Å². The first-order chi connectivity index (χ1) is 14.6. The van der Waals surface area contributed by atoms with E-state index in [-0.39, 0.29) is 23.9 Å². The van der Waals surface area contributed by atoms with Crippen LogP contribution in [0.5, 0.6) is 0 Å². The first-order valence-electron chi connectivity index (χ1n) is 9.30. The van der Waals surface area contributed by atoms with E-state index in [1.165, 1.54) is 12.1 Å². The van der Waals surface area contributed by atoms with Gasteiger partial charge < -0.3 is 5.32 Å². The Bertz CT molecular complexity index is 1170. The van der Waals surface area contributed by atoms with Crippen molar-refractivity contribution in [1.29, 1.82) is 0 Å². The summed E-state index contributed by atoms with van der Waals surface area (Å²) in [6.45, 7) is 0. The number of rotatable bonds is 6. The summed E-state index contributed by atoms with van der Waals surface area (Å²) in [7, 11) is 0. The molecule has 6 heteroatoms. The molecule has 0 bridgehead atoms. The number of benzene rings is 3. The van der Waals surface area contributed by atoms with Gasteiger partial charge in [-0.3, -0.25) is 9.59 Å². The average molecular weight is 416 g/mol. The molecular formula is C24H17FN2O2S. The molecule has 30 heavy (non-hydrogen) atoms. The number of amides is 1. The first-order valence-corrected chi connectivity index (χ1v) is 10.1. The molecule has 0 radical (unpaired) electrons. The Morgan fingerprint density at radius 1 is 0.867 bits per heavy atom. The Morgan fingerprint density at radius 2 is 1.50 bits per heavy atom. The molecule has 4 rings (SSSR count). The molecule has 148 valence electrons. The van der Waals surface area contributed by atoms with Crippen LogP contribution in [0.2, 0.25) is 0 Å². The van der Waals surface area contributed by atoms with Crippen LogP contribution in [0.4, 0.5) is 9.52 Å². The Labute approximate surface area is 177 Å². The minimum absolute atomic E-state index is 0.0858. The third-order valence-electron chi connectivity index (χ3n) is 4.44. The first kappa shape index (κ1) is 19.7. The fourth-order valence-corrected chi connectivity index (χ4v) is 3.96. The third kappa shape index (κ3) is 4.50. The highest BCUT2D eigenvalue weighted by Gasteiger charge is 2.21. The van der Waals surface area contributed by atoms with E-state index < -0.39 is 0 Å². The van der Waals surface area contributed by atoms with Crippen LogP contribution in [-0.2, 0) is 11.2 Å². The van der Waals surface area contributed by atoms with E-state index in [1.807, 2.05) is 48.5 Å². The summed E-state index contributed by atoms with van der Waals surface area (Å²) < 4.78 is 13.1. The lowest BCUT2D eigenvalue weighted by Gasteiger charge is -2.02. The number of ketones is 1. The molecule has 1 aromatic heterocycles. The normalized spacial score (nSPS) is 10.6. The number of hydrogen-bond donors (Lipinski definition) is 1. The number of carbonyl (C=O) groups excluding carboxylic acids is 2. The maximum Gasteiger partial charge on any atom is 0.230 e. The fourth-order valence-electron chi connectivity index (χ4n) is 2.99. The van der Waals surface area contributed by atoms with Crippen molar-refractivity contribution < 1.29 is 14.0 Å². The number of nitrogens with one attached hydrogen (secondary N) is 1. The van der Waals surface area contributed by atoms with Crippen molar-refractivity contribution >= 4 is 28.2 Å². The molecular weight excluding hydrogens is 399 g/mol. The molecule has 0 aliphatic heterocycles. The largest absolute Gasteiger partial charge is 0.302 e. The summed E-state index contributed by atoms with van der Waals surface area (Å²) in [5.74, 6) is -0.782. The summed E-state index contributed by atoms with van der Waals surface area (Å²) in [6, 6.07) is 24.1. The lowest BCUT2D eigenvalue weighted by Crippen LogP contribution is -2.14. The van der Waals surface area contributed by atoms with Crippen LogP contribution in [-0.4, -0.2) is 16.7 Å². The average Bonchev–Trinajstić information content (AvgIpc) is 3.19. The molecule has 0 spiro atoms. The highest BCUT2D eigenvalue weighted by molar-refractivity contribution is 7.18. The van der Waals surface area contributed by atoms with Crippen molar-refractivity contribution in [2.75, 3.05) is 5.32 Å². The van der Waals surface area contributed by atoms with Gasteiger partial charge >= 0.3 is 0 Å². The van der Waals surface area contributed by atoms with Gasteiger partial charge in [0.1, 0.15) is 10.7 Å². The monoisotopic (exact) mass is 416 g/mol. The van der Waals surface area contributed by atoms with Crippen LogP contribution in [0.3, 0.4) is 0 Å². The van der Waals surface area contributed by atoms with Gasteiger partial charge in [-0.2, -0.15) is 0 Å². The third-order valence-corrected chi connectivity index (χ3v) is 5.41. The van der Waals surface area contributed by atoms with Crippen LogP contribution in [0, 0.1) is 5.82 Å². The zero-order valence-electron chi connectivity index (χ0n) is 15.8. The maximum atomic E-state index is 13.1. The fraction of sp³-hybridized carbons (Fsp3) is 0.0417. The zero-order chi connectivity index (χ0) is 20.9. The Morgan fingerprint density at radius 3 is 2.17 bits per heavy atom. The second-order valence-corrected chi connectivity index (χ2v) is 7.61. The van der Waals surface area contributed by atoms with Crippen LogP contribution < -0.4 is 5.32 Å². The van der Waals surface area contributed by atoms with Crippen molar-refractivity contribution in [3.8, 4) is 11.3 Å². The standard InChI is InChI=1S/C24H17FN2O2S/c25-19-13-11-16(12-14-19)15-20(28)26-24-27-21(17-7-3-1-4-8-17)23(30-24)22(29)18-9-5-2-6-10-18/h1-14H,15H2,(H,26,27,28). The van der Waals surface area contributed by atoms with E-state index in [0.29, 0.717) is 26.8 Å². The summed E-state index contributed by atoms with van der Waals surface area (Å²) in [5, 5.41) is 3.11. The number of hydrogen-bond acceptors (Lipinski definition) is 4. The van der Waals surface area contributed by atoms with Crippen LogP contribution >= 0.6 is 11.3 Å². The van der Waals surface area contributed by atoms with Crippen LogP contribution in [0.1, 0.15) is 20.8 Å². The summed E-state index contributed by atoms with van der Waals surface area (Å²) in [4.78, 5) is 30.5. The summed E-state index contributed by atoms with van der Waals surface area (Å²) >= 11 is 1.15. The number of thiazole rings is 1. The van der Waals surface area contributed by atoms with Gasteiger partial charge in [-0.1, -0.05) is 84.1 Å². The van der Waals surface area contributed by atoms with Gasteiger partial charge in [0.25, 0.3) is 0 Å². The lowest BCUT2D eigenvalue weighted by atomic mass is 10.1. The van der Waals surface area contributed by atoms with Gasteiger partial charge in [-0.25, -0.2) is 9.37 Å². The van der Waals surface area contributed by atoms with Gasteiger partial charge in [0, 0.05) is 11.1 Å². The van der Waals surface area contributed by atoms with Crippen molar-refractivity contribution in [3.05, 3.63) is 107 Å². The number of carbonyl (C=O) groups is 2. The smallest absolute Gasteiger partial charge is 0.230 e. The molecule has 3 aromatic carbocycles. The van der Waals surface area contributed by atoms with Crippen molar-refractivity contribution in [2.45, 2.75) is 6.42 Å². The second kappa shape index (κ2) is 8.80. The molecule has 0 aliphatic carbocycles. The van der Waals surface area contributed by atoms with Crippen molar-refractivity contribution in [1.82, 2.24) is 4.98 Å². The van der Waals surface area contributed by atoms with Crippen LogP contribution in [0.25, 0.3) is 11.3 Å². The molecule has 4 nitrogen and oxygen atoms in total. The molecule has 4 aromatic rings. The minimum Gasteiger partial charge on any atom is -0.302 e. The summed E-state index contributed by atoms with van der Waals surface area (Å²) in [6.07, 6.45) is 0.0858. The highest BCUT2D eigenvalue weighted by Crippen LogP contribution is 2.33. The van der Waals surface area contributed by atoms with Crippen LogP contribution in [0.15, 0.2) is 84.9 Å². The van der Waals surface area contributed by atoms with E-state index in [9.17, 15) is 14.0 Å². The molecule has 0 unspecified atom stereocenters. The quantitative estimate of drug-likeness (QED) is 0.431. The van der Waals surface area contributed by atoms with E-state index >= 15 is 0 Å².